The predicted octanol–water partition coefficient (Wildman–Crippen LogP) is 3.46. The van der Waals surface area contributed by atoms with Crippen LogP contribution in [0.25, 0.3) is 0 Å². The molecule has 2 N–H and O–H groups in total. The molecule has 0 aliphatic carbocycles. The van der Waals surface area contributed by atoms with Crippen molar-refractivity contribution in [1.29, 1.82) is 0 Å². The number of hydrogen-bond donors (Lipinski definition) is 1. The molecular formula is C19H24N2. The normalized spacial score (nSPS) is 25.6. The Morgan fingerprint density at radius 3 is 2.43 bits per heavy atom. The van der Waals surface area contributed by atoms with E-state index in [2.05, 4.69) is 74.3 Å². The predicted molar refractivity (Wildman–Crippen MR) is 88.5 cm³/mol. The van der Waals surface area contributed by atoms with Gasteiger partial charge in [0.25, 0.3) is 0 Å². The molecule has 2 nitrogen and oxygen atoms in total. The summed E-state index contributed by atoms with van der Waals surface area (Å²) < 4.78 is 0. The Bertz CT molecular complexity index is 635. The van der Waals surface area contributed by atoms with Gasteiger partial charge in [-0.05, 0) is 37.6 Å². The standard InChI is InChI=1S/C19H24N2/c1-13-7-6-8-15(11-13)19-14(2)21(3)18(12-20)16-9-4-5-10-17(16)19/h4-11,14,18-19H,12,20H2,1-3H3. The highest BCUT2D eigenvalue weighted by Crippen LogP contribution is 2.42. The maximum atomic E-state index is 6.04. The molecule has 0 radical (unpaired) electrons. The molecule has 0 saturated carbocycles. The lowest BCUT2D eigenvalue weighted by Crippen LogP contribution is -2.45. The van der Waals surface area contributed by atoms with Gasteiger partial charge in [-0.2, -0.15) is 0 Å². The highest BCUT2D eigenvalue weighted by atomic mass is 15.2. The average molecular weight is 280 g/mol. The molecule has 0 bridgehead atoms. The van der Waals surface area contributed by atoms with E-state index >= 15 is 0 Å². The van der Waals surface area contributed by atoms with Crippen LogP contribution in [0, 0.1) is 6.92 Å². The summed E-state index contributed by atoms with van der Waals surface area (Å²) >= 11 is 0. The second-order valence-corrected chi connectivity index (χ2v) is 6.18. The van der Waals surface area contributed by atoms with E-state index in [0.29, 0.717) is 24.5 Å². The van der Waals surface area contributed by atoms with Crippen LogP contribution in [-0.4, -0.2) is 24.5 Å². The molecule has 0 spiro atoms. The number of aryl methyl sites for hydroxylation is 1. The van der Waals surface area contributed by atoms with E-state index in [1.807, 2.05) is 0 Å². The van der Waals surface area contributed by atoms with Gasteiger partial charge in [-0.1, -0.05) is 54.1 Å². The van der Waals surface area contributed by atoms with Gasteiger partial charge in [0.05, 0.1) is 0 Å². The van der Waals surface area contributed by atoms with Crippen LogP contribution in [-0.2, 0) is 0 Å². The summed E-state index contributed by atoms with van der Waals surface area (Å²) in [6, 6.07) is 18.4. The molecule has 110 valence electrons. The minimum atomic E-state index is 0.317. The van der Waals surface area contributed by atoms with Crippen LogP contribution >= 0.6 is 0 Å². The molecular weight excluding hydrogens is 256 g/mol. The molecule has 0 saturated heterocycles. The maximum absolute atomic E-state index is 6.04. The quantitative estimate of drug-likeness (QED) is 0.913. The topological polar surface area (TPSA) is 29.3 Å². The van der Waals surface area contributed by atoms with E-state index in [9.17, 15) is 0 Å². The van der Waals surface area contributed by atoms with Gasteiger partial charge in [0.1, 0.15) is 0 Å². The molecule has 0 fully saturated rings. The Morgan fingerprint density at radius 2 is 1.76 bits per heavy atom. The summed E-state index contributed by atoms with van der Waals surface area (Å²) in [7, 11) is 2.20. The molecule has 3 unspecified atom stereocenters. The zero-order valence-electron chi connectivity index (χ0n) is 13.1. The summed E-state index contributed by atoms with van der Waals surface area (Å²) in [5.41, 5.74) is 11.6. The first-order valence-electron chi connectivity index (χ1n) is 7.71. The van der Waals surface area contributed by atoms with Crippen LogP contribution in [0.2, 0.25) is 0 Å². The van der Waals surface area contributed by atoms with Crippen molar-refractivity contribution in [2.24, 2.45) is 5.73 Å². The molecule has 21 heavy (non-hydrogen) atoms. The Morgan fingerprint density at radius 1 is 1.05 bits per heavy atom. The largest absolute Gasteiger partial charge is 0.329 e. The van der Waals surface area contributed by atoms with Gasteiger partial charge in [0.15, 0.2) is 0 Å². The van der Waals surface area contributed by atoms with Crippen LogP contribution in [0.3, 0.4) is 0 Å². The van der Waals surface area contributed by atoms with Gasteiger partial charge in [0, 0.05) is 24.5 Å². The van der Waals surface area contributed by atoms with E-state index in [4.69, 9.17) is 5.73 Å². The lowest BCUT2D eigenvalue weighted by molar-refractivity contribution is 0.156. The van der Waals surface area contributed by atoms with Gasteiger partial charge in [-0.25, -0.2) is 0 Å². The Hall–Kier alpha value is -1.64. The number of benzene rings is 2. The molecule has 0 amide bonds. The fourth-order valence-corrected chi connectivity index (χ4v) is 3.71. The highest BCUT2D eigenvalue weighted by molar-refractivity contribution is 5.44. The van der Waals surface area contributed by atoms with Crippen LogP contribution in [0.5, 0.6) is 0 Å². The third-order valence-electron chi connectivity index (χ3n) is 4.93. The van der Waals surface area contributed by atoms with Crippen LogP contribution < -0.4 is 5.73 Å². The number of nitrogens with zero attached hydrogens (tertiary/aromatic N) is 1. The van der Waals surface area contributed by atoms with Crippen molar-refractivity contribution in [3.63, 3.8) is 0 Å². The number of likely N-dealkylation sites (N-methyl/N-ethyl adjacent to an activating group) is 1. The minimum Gasteiger partial charge on any atom is -0.329 e. The molecule has 2 heteroatoms. The lowest BCUT2D eigenvalue weighted by atomic mass is 9.77. The number of hydrogen-bond acceptors (Lipinski definition) is 2. The van der Waals surface area contributed by atoms with Gasteiger partial charge >= 0.3 is 0 Å². The van der Waals surface area contributed by atoms with Crippen molar-refractivity contribution < 1.29 is 0 Å². The van der Waals surface area contributed by atoms with Gasteiger partial charge in [-0.15, -0.1) is 0 Å². The Balaban J connectivity index is 2.16. The number of fused-ring (bicyclic) bond motifs is 1. The van der Waals surface area contributed by atoms with Gasteiger partial charge in [-0.3, -0.25) is 4.90 Å². The third-order valence-corrected chi connectivity index (χ3v) is 4.93. The van der Waals surface area contributed by atoms with Crippen LogP contribution in [0.4, 0.5) is 0 Å². The fourth-order valence-electron chi connectivity index (χ4n) is 3.71. The minimum absolute atomic E-state index is 0.317. The summed E-state index contributed by atoms with van der Waals surface area (Å²) in [6.07, 6.45) is 0. The van der Waals surface area contributed by atoms with Crippen molar-refractivity contribution in [3.05, 3.63) is 70.8 Å². The summed E-state index contributed by atoms with van der Waals surface area (Å²) in [6.45, 7) is 5.14. The highest BCUT2D eigenvalue weighted by Gasteiger charge is 2.36. The molecule has 2 aromatic carbocycles. The average Bonchev–Trinajstić information content (AvgIpc) is 2.49. The molecule has 0 aromatic heterocycles. The monoisotopic (exact) mass is 280 g/mol. The molecule has 3 rings (SSSR count). The van der Waals surface area contributed by atoms with E-state index in [0.717, 1.165) is 0 Å². The molecule has 1 aliphatic heterocycles. The molecule has 1 heterocycles. The summed E-state index contributed by atoms with van der Waals surface area (Å²) in [4.78, 5) is 2.43. The first kappa shape index (κ1) is 14.3. The smallest absolute Gasteiger partial charge is 0.0473 e. The first-order valence-corrected chi connectivity index (χ1v) is 7.71. The SMILES string of the molecule is Cc1cccc(C2c3ccccc3C(CN)N(C)C2C)c1. The second-order valence-electron chi connectivity index (χ2n) is 6.18. The number of nitrogens with two attached hydrogens (primary N) is 1. The van der Waals surface area contributed by atoms with E-state index in [1.165, 1.54) is 22.3 Å². The maximum Gasteiger partial charge on any atom is 0.0473 e. The van der Waals surface area contributed by atoms with E-state index in [1.54, 1.807) is 0 Å². The van der Waals surface area contributed by atoms with Crippen molar-refractivity contribution in [2.75, 3.05) is 13.6 Å². The van der Waals surface area contributed by atoms with Crippen molar-refractivity contribution in [1.82, 2.24) is 4.90 Å². The molecule has 3 atom stereocenters. The van der Waals surface area contributed by atoms with Gasteiger partial charge < -0.3 is 5.73 Å². The van der Waals surface area contributed by atoms with Crippen molar-refractivity contribution in [2.45, 2.75) is 31.8 Å². The Labute approximate surface area is 127 Å². The summed E-state index contributed by atoms with van der Waals surface area (Å²) in [5, 5.41) is 0. The molecule has 2 aromatic rings. The number of rotatable bonds is 2. The fraction of sp³-hybridized carbons (Fsp3) is 0.368. The van der Waals surface area contributed by atoms with Crippen LogP contribution in [0.1, 0.15) is 41.1 Å². The van der Waals surface area contributed by atoms with Crippen molar-refractivity contribution in [3.8, 4) is 0 Å². The second kappa shape index (κ2) is 5.63. The Kier molecular flexibility index (Phi) is 3.83. The van der Waals surface area contributed by atoms with Gasteiger partial charge in [0.2, 0.25) is 0 Å². The lowest BCUT2D eigenvalue weighted by Gasteiger charge is -2.44. The third kappa shape index (κ3) is 2.39. The molecule has 1 aliphatic rings. The zero-order valence-corrected chi connectivity index (χ0v) is 13.1. The van der Waals surface area contributed by atoms with Crippen LogP contribution in [0.15, 0.2) is 48.5 Å². The summed E-state index contributed by atoms with van der Waals surface area (Å²) in [5.74, 6) is 0.411. The van der Waals surface area contributed by atoms with Crippen molar-refractivity contribution >= 4 is 0 Å². The zero-order chi connectivity index (χ0) is 15.0. The first-order chi connectivity index (χ1) is 10.1. The van der Waals surface area contributed by atoms with E-state index < -0.39 is 0 Å². The van der Waals surface area contributed by atoms with E-state index in [-0.39, 0.29) is 0 Å².